The number of aliphatic hydroxyl groups excluding tert-OH is 2. The zero-order valence-electron chi connectivity index (χ0n) is 32.2. The molecule has 298 valence electrons. The van der Waals surface area contributed by atoms with Crippen molar-refractivity contribution in [3.8, 4) is 11.5 Å². The fourth-order valence-electron chi connectivity index (χ4n) is 8.84. The molecule has 11 heteroatoms. The molecular formula is C44H58N2O9. The molecule has 2 aliphatic heterocycles. The van der Waals surface area contributed by atoms with Crippen LogP contribution in [0.25, 0.3) is 0 Å². The van der Waals surface area contributed by atoms with E-state index in [1.54, 1.807) is 24.1 Å². The summed E-state index contributed by atoms with van der Waals surface area (Å²) in [6.45, 7) is 9.31. The molecule has 1 unspecified atom stereocenters. The first-order valence-electron chi connectivity index (χ1n) is 20.0. The van der Waals surface area contributed by atoms with Gasteiger partial charge in [-0.2, -0.15) is 0 Å². The molecule has 7 atom stereocenters. The van der Waals surface area contributed by atoms with Crippen LogP contribution < -0.4 is 9.47 Å². The van der Waals surface area contributed by atoms with Crippen LogP contribution in [0.5, 0.6) is 11.5 Å². The number of benzene rings is 2. The Kier molecular flexibility index (Phi) is 14.4. The molecule has 2 aromatic carbocycles. The third-order valence-electron chi connectivity index (χ3n) is 11.4. The predicted octanol–water partition coefficient (Wildman–Crippen LogP) is 7.68. The van der Waals surface area contributed by atoms with Crippen molar-refractivity contribution < 1.29 is 43.5 Å². The summed E-state index contributed by atoms with van der Waals surface area (Å²) < 4.78 is 32.1. The molecule has 4 aliphatic rings. The number of aliphatic hydroxyl groups is 2. The summed E-state index contributed by atoms with van der Waals surface area (Å²) in [5.74, 6) is -0.393. The van der Waals surface area contributed by atoms with Crippen LogP contribution in [-0.2, 0) is 25.7 Å². The van der Waals surface area contributed by atoms with E-state index in [0.29, 0.717) is 43.3 Å². The van der Waals surface area contributed by atoms with E-state index in [-0.39, 0.29) is 50.6 Å². The van der Waals surface area contributed by atoms with Crippen LogP contribution in [0.15, 0.2) is 90.6 Å². The third-order valence-corrected chi connectivity index (χ3v) is 11.4. The van der Waals surface area contributed by atoms with Gasteiger partial charge in [-0.15, -0.1) is 6.58 Å². The highest BCUT2D eigenvalue weighted by Crippen LogP contribution is 2.61. The molecule has 1 amide bonds. The molecule has 0 bridgehead atoms. The Labute approximate surface area is 325 Å². The summed E-state index contributed by atoms with van der Waals surface area (Å²) in [4.78, 5) is 21.9. The first kappa shape index (κ1) is 40.5. The highest BCUT2D eigenvalue weighted by molar-refractivity contribution is 6.02. The van der Waals surface area contributed by atoms with E-state index in [9.17, 15) is 15.0 Å². The molecule has 0 aromatic heterocycles. The van der Waals surface area contributed by atoms with Gasteiger partial charge in [0.15, 0.2) is 0 Å². The van der Waals surface area contributed by atoms with Gasteiger partial charge in [0.25, 0.3) is 0 Å². The lowest BCUT2D eigenvalue weighted by molar-refractivity contribution is -0.254. The molecule has 55 heavy (non-hydrogen) atoms. The molecule has 11 nitrogen and oxygen atoms in total. The van der Waals surface area contributed by atoms with Crippen LogP contribution in [0.1, 0.15) is 81.3 Å². The number of rotatable bonds is 19. The zero-order valence-corrected chi connectivity index (χ0v) is 32.2. The van der Waals surface area contributed by atoms with E-state index in [1.165, 1.54) is 0 Å². The van der Waals surface area contributed by atoms with Crippen LogP contribution in [0, 0.1) is 17.8 Å². The summed E-state index contributed by atoms with van der Waals surface area (Å²) in [7, 11) is 1.73. The van der Waals surface area contributed by atoms with Crippen LogP contribution in [0.4, 0.5) is 4.79 Å². The smallest absolute Gasteiger partial charge is 0.410 e. The molecule has 2 N–H and O–H groups in total. The van der Waals surface area contributed by atoms with Crippen molar-refractivity contribution in [2.45, 2.75) is 94.9 Å². The number of allylic oxidation sites excluding steroid dienone is 1. The van der Waals surface area contributed by atoms with Gasteiger partial charge >= 0.3 is 6.09 Å². The molecule has 0 spiro atoms. The largest absolute Gasteiger partial charge is 0.490 e. The Morgan fingerprint density at radius 1 is 1.02 bits per heavy atom. The van der Waals surface area contributed by atoms with Gasteiger partial charge in [0.2, 0.25) is 12.1 Å². The highest BCUT2D eigenvalue weighted by Gasteiger charge is 2.65. The number of oxime groups is 1. The van der Waals surface area contributed by atoms with Crippen LogP contribution in [-0.4, -0.2) is 85.1 Å². The maximum atomic E-state index is 14.1. The van der Waals surface area contributed by atoms with Crippen molar-refractivity contribution in [1.82, 2.24) is 4.90 Å². The number of carbonyl (C=O) groups excluding carboxylic acids is 1. The van der Waals surface area contributed by atoms with Crippen LogP contribution in [0.2, 0.25) is 0 Å². The van der Waals surface area contributed by atoms with Crippen molar-refractivity contribution in [3.05, 3.63) is 96.6 Å². The second-order valence-electron chi connectivity index (χ2n) is 14.9. The highest BCUT2D eigenvalue weighted by atomic mass is 16.8. The molecule has 2 aromatic rings. The summed E-state index contributed by atoms with van der Waals surface area (Å²) in [6, 6.07) is 14.8. The zero-order chi connectivity index (χ0) is 38.6. The fourth-order valence-corrected chi connectivity index (χ4v) is 8.84. The van der Waals surface area contributed by atoms with Gasteiger partial charge in [-0.1, -0.05) is 73.1 Å². The maximum absolute atomic E-state index is 14.1. The van der Waals surface area contributed by atoms with Crippen molar-refractivity contribution in [2.24, 2.45) is 22.9 Å². The monoisotopic (exact) mass is 758 g/mol. The topological polar surface area (TPSA) is 129 Å². The number of fused-ring (bicyclic) bond motifs is 2. The minimum atomic E-state index is -1.37. The van der Waals surface area contributed by atoms with Gasteiger partial charge in [0.05, 0.1) is 24.8 Å². The van der Waals surface area contributed by atoms with Crippen LogP contribution >= 0.6 is 0 Å². The molecule has 6 rings (SSSR count). The van der Waals surface area contributed by atoms with Crippen molar-refractivity contribution in [2.75, 3.05) is 40.1 Å². The lowest BCUT2D eigenvalue weighted by atomic mass is 9.55. The molecule has 0 radical (unpaired) electrons. The van der Waals surface area contributed by atoms with E-state index in [0.717, 1.165) is 61.6 Å². The summed E-state index contributed by atoms with van der Waals surface area (Å²) >= 11 is 0. The fraction of sp³-hybridized carbons (Fsp3) is 0.545. The summed E-state index contributed by atoms with van der Waals surface area (Å²) in [5, 5.41) is 24.5. The number of hydrogen-bond donors (Lipinski definition) is 2. The van der Waals surface area contributed by atoms with E-state index in [4.69, 9.17) is 33.7 Å². The van der Waals surface area contributed by atoms with Crippen molar-refractivity contribution in [1.29, 1.82) is 0 Å². The van der Waals surface area contributed by atoms with Crippen molar-refractivity contribution >= 4 is 11.8 Å². The summed E-state index contributed by atoms with van der Waals surface area (Å²) in [5.41, 5.74) is 3.54. The SMILES string of the molecule is C=CCOc1ccc2c(c1)[C@H]1[C@H](CCCCO)[C@@H](CCCCO)C=C3C(=NOC4CCCCO4)C[C@H](N(C)C(=O)OCc4ccccc4)[C@@](OCC=C)(O2)[C@H]31. The number of ether oxygens (including phenoxy) is 5. The van der Waals surface area contributed by atoms with E-state index in [2.05, 4.69) is 25.3 Å². The van der Waals surface area contributed by atoms with E-state index in [1.807, 2.05) is 42.5 Å². The van der Waals surface area contributed by atoms with E-state index >= 15 is 0 Å². The number of unbranched alkanes of at least 4 members (excludes halogenated alkanes) is 2. The molecule has 2 fully saturated rings. The molecule has 2 heterocycles. The number of carbonyl (C=O) groups is 1. The van der Waals surface area contributed by atoms with Gasteiger partial charge in [-0.25, -0.2) is 4.79 Å². The third kappa shape index (κ3) is 9.28. The normalized spacial score (nSPS) is 27.5. The maximum Gasteiger partial charge on any atom is 0.410 e. The molecule has 1 saturated heterocycles. The van der Waals surface area contributed by atoms with E-state index < -0.39 is 30.1 Å². The minimum absolute atomic E-state index is 0.0981. The lowest BCUT2D eigenvalue weighted by Gasteiger charge is -2.59. The van der Waals surface area contributed by atoms with Gasteiger partial charge in [0, 0.05) is 44.6 Å². The Morgan fingerprint density at radius 3 is 2.53 bits per heavy atom. The first-order chi connectivity index (χ1) is 26.9. The molecule has 1 saturated carbocycles. The van der Waals surface area contributed by atoms with Gasteiger partial charge in [-0.05, 0) is 79.7 Å². The molecular weight excluding hydrogens is 700 g/mol. The first-order valence-corrected chi connectivity index (χ1v) is 20.0. The minimum Gasteiger partial charge on any atom is -0.490 e. The quantitative estimate of drug-likeness (QED) is 0.0843. The Bertz CT molecular complexity index is 1640. The average molecular weight is 759 g/mol. The van der Waals surface area contributed by atoms with Crippen molar-refractivity contribution in [3.63, 3.8) is 0 Å². The second-order valence-corrected chi connectivity index (χ2v) is 14.9. The van der Waals surface area contributed by atoms with Gasteiger partial charge in [-0.3, -0.25) is 0 Å². The Morgan fingerprint density at radius 2 is 1.80 bits per heavy atom. The number of hydrogen-bond acceptors (Lipinski definition) is 10. The van der Waals surface area contributed by atoms with Gasteiger partial charge < -0.3 is 43.6 Å². The Balaban J connectivity index is 1.51. The molecule has 2 aliphatic carbocycles. The van der Waals surface area contributed by atoms with Crippen LogP contribution in [0.3, 0.4) is 0 Å². The second kappa shape index (κ2) is 19.6. The number of nitrogens with zero attached hydrogens (tertiary/aromatic N) is 2. The predicted molar refractivity (Wildman–Crippen MR) is 210 cm³/mol. The number of likely N-dealkylation sites (N-methyl/N-ethyl adjacent to an activating group) is 1. The Hall–Kier alpha value is -4.16. The lowest BCUT2D eigenvalue weighted by Crippen LogP contribution is -2.69. The summed E-state index contributed by atoms with van der Waals surface area (Å²) in [6.07, 6.45) is 12.5. The standard InChI is InChI=1S/C44H58N2O9/c1-4-24-50-33-20-21-38-36(28-33)41-34(18-10-13-23-48)32(17-9-12-22-47)27-35-37(45-55-40-19-11-14-26-51-40)29-39(44(54-38,42(35)41)53-25-5-2)46(3)43(49)52-30-31-15-7-6-8-16-31/h4-8,15-16,20-21,27-28,32,34,39-42,47-48H,1-2,9-14,17-19,22-26,29-30H2,3H3/t32-,34+,39-,40?,41+,42+,44+/m0/s1. The van der Waals surface area contributed by atoms with Gasteiger partial charge in [0.1, 0.15) is 30.8 Å². The number of amides is 1. The average Bonchev–Trinajstić information content (AvgIpc) is 3.22.